The number of nitrogens with one attached hydrogen (secondary N) is 1. The second kappa shape index (κ2) is 13.7. The molecule has 190 valence electrons. The number of ether oxygens (including phenoxy) is 2. The fraction of sp³-hybridized carbons (Fsp3) is 0.179. The van der Waals surface area contributed by atoms with Crippen LogP contribution in [0.15, 0.2) is 78.9 Å². The summed E-state index contributed by atoms with van der Waals surface area (Å²) in [4.78, 5) is 60.2. The summed E-state index contributed by atoms with van der Waals surface area (Å²) in [5, 5.41) is 3.17. The summed E-state index contributed by atoms with van der Waals surface area (Å²) in [5.74, 6) is -2.22. The molecular weight excluding hydrogens is 498 g/mol. The average Bonchev–Trinajstić information content (AvgIpc) is 2.91. The molecule has 0 aliphatic carbocycles. The van der Waals surface area contributed by atoms with Gasteiger partial charge in [0, 0.05) is 34.7 Å². The van der Waals surface area contributed by atoms with Crippen LogP contribution < -0.4 is 5.32 Å². The SMILES string of the molecule is O=C(CCCC(=O)OCC(=O)c1ccc(Cl)cc1)Nc1ccc(C(=O)OCC(=O)c2ccccc2)cc1. The largest absolute Gasteiger partial charge is 0.457 e. The molecule has 1 amide bonds. The lowest BCUT2D eigenvalue weighted by Crippen LogP contribution is -2.16. The van der Waals surface area contributed by atoms with Crippen molar-refractivity contribution in [1.29, 1.82) is 0 Å². The first-order chi connectivity index (χ1) is 17.8. The molecule has 0 heterocycles. The normalized spacial score (nSPS) is 10.3. The number of hydrogen-bond acceptors (Lipinski definition) is 7. The van der Waals surface area contributed by atoms with Gasteiger partial charge in [-0.15, -0.1) is 0 Å². The summed E-state index contributed by atoms with van der Waals surface area (Å²) in [6.45, 7) is -0.763. The maximum atomic E-state index is 12.2. The van der Waals surface area contributed by atoms with E-state index in [4.69, 9.17) is 21.1 Å². The highest BCUT2D eigenvalue weighted by atomic mass is 35.5. The Morgan fingerprint density at radius 1 is 0.649 bits per heavy atom. The highest BCUT2D eigenvalue weighted by Crippen LogP contribution is 2.13. The number of rotatable bonds is 12. The molecule has 9 heteroatoms. The summed E-state index contributed by atoms with van der Waals surface area (Å²) in [6.07, 6.45) is 0.277. The Labute approximate surface area is 218 Å². The number of Topliss-reactive ketones (excluding diaryl/α,β-unsaturated/α-hetero) is 2. The van der Waals surface area contributed by atoms with E-state index in [0.717, 1.165) is 0 Å². The Kier molecular flexibility index (Phi) is 10.1. The van der Waals surface area contributed by atoms with Gasteiger partial charge in [-0.3, -0.25) is 19.2 Å². The minimum Gasteiger partial charge on any atom is -0.457 e. The molecule has 0 aliphatic rings. The van der Waals surface area contributed by atoms with Crippen LogP contribution in [0.1, 0.15) is 50.3 Å². The number of esters is 2. The van der Waals surface area contributed by atoms with Crippen LogP contribution in [0, 0.1) is 0 Å². The van der Waals surface area contributed by atoms with E-state index in [1.165, 1.54) is 24.3 Å². The van der Waals surface area contributed by atoms with Gasteiger partial charge in [-0.05, 0) is 55.0 Å². The number of carbonyl (C=O) groups is 5. The molecule has 3 aromatic carbocycles. The smallest absolute Gasteiger partial charge is 0.338 e. The third kappa shape index (κ3) is 9.01. The van der Waals surface area contributed by atoms with Crippen LogP contribution in [0.2, 0.25) is 5.02 Å². The number of carbonyl (C=O) groups excluding carboxylic acids is 5. The van der Waals surface area contributed by atoms with Gasteiger partial charge in [0.05, 0.1) is 5.56 Å². The van der Waals surface area contributed by atoms with Crippen molar-refractivity contribution in [1.82, 2.24) is 0 Å². The number of halogens is 1. The highest BCUT2D eigenvalue weighted by Gasteiger charge is 2.13. The van der Waals surface area contributed by atoms with Gasteiger partial charge in [-0.25, -0.2) is 4.79 Å². The summed E-state index contributed by atoms with van der Waals surface area (Å²) >= 11 is 5.78. The minimum absolute atomic E-state index is 0.0200. The van der Waals surface area contributed by atoms with Gasteiger partial charge in [0.15, 0.2) is 24.8 Å². The molecule has 0 aliphatic heterocycles. The Balaban J connectivity index is 1.34. The first kappa shape index (κ1) is 27.3. The van der Waals surface area contributed by atoms with Crippen molar-refractivity contribution >= 4 is 46.7 Å². The molecule has 0 spiro atoms. The maximum Gasteiger partial charge on any atom is 0.338 e. The molecule has 0 bridgehead atoms. The van der Waals surface area contributed by atoms with E-state index in [-0.39, 0.29) is 55.5 Å². The van der Waals surface area contributed by atoms with E-state index in [9.17, 15) is 24.0 Å². The van der Waals surface area contributed by atoms with Gasteiger partial charge < -0.3 is 14.8 Å². The summed E-state index contributed by atoms with van der Waals surface area (Å²) in [7, 11) is 0. The van der Waals surface area contributed by atoms with Gasteiger partial charge in [0.2, 0.25) is 5.91 Å². The molecule has 0 fully saturated rings. The van der Waals surface area contributed by atoms with Crippen LogP contribution in [0.25, 0.3) is 0 Å². The highest BCUT2D eigenvalue weighted by molar-refractivity contribution is 6.30. The fourth-order valence-electron chi connectivity index (χ4n) is 3.17. The molecular formula is C28H24ClNO7. The van der Waals surface area contributed by atoms with Crippen molar-refractivity contribution in [3.63, 3.8) is 0 Å². The molecule has 1 N–H and O–H groups in total. The lowest BCUT2D eigenvalue weighted by Gasteiger charge is -2.08. The second-order valence-corrected chi connectivity index (χ2v) is 8.37. The van der Waals surface area contributed by atoms with E-state index in [2.05, 4.69) is 5.32 Å². The minimum atomic E-state index is -0.657. The van der Waals surface area contributed by atoms with Gasteiger partial charge in [0.1, 0.15) is 0 Å². The van der Waals surface area contributed by atoms with E-state index in [0.29, 0.717) is 21.8 Å². The van der Waals surface area contributed by atoms with E-state index >= 15 is 0 Å². The van der Waals surface area contributed by atoms with Crippen molar-refractivity contribution in [3.8, 4) is 0 Å². The third-order valence-corrected chi connectivity index (χ3v) is 5.40. The van der Waals surface area contributed by atoms with Crippen molar-refractivity contribution in [2.45, 2.75) is 19.3 Å². The van der Waals surface area contributed by atoms with Crippen molar-refractivity contribution in [2.24, 2.45) is 0 Å². The van der Waals surface area contributed by atoms with Crippen molar-refractivity contribution in [3.05, 3.63) is 101 Å². The number of anilines is 1. The lowest BCUT2D eigenvalue weighted by atomic mass is 10.1. The Bertz CT molecular complexity index is 1260. The zero-order valence-electron chi connectivity index (χ0n) is 19.8. The van der Waals surface area contributed by atoms with Crippen LogP contribution in [-0.4, -0.2) is 42.6 Å². The zero-order chi connectivity index (χ0) is 26.6. The van der Waals surface area contributed by atoms with Crippen LogP contribution in [0.4, 0.5) is 5.69 Å². The Morgan fingerprint density at radius 3 is 1.86 bits per heavy atom. The molecule has 0 unspecified atom stereocenters. The lowest BCUT2D eigenvalue weighted by molar-refractivity contribution is -0.142. The van der Waals surface area contributed by atoms with Crippen LogP contribution in [0.3, 0.4) is 0 Å². The van der Waals surface area contributed by atoms with Crippen molar-refractivity contribution < 1.29 is 33.4 Å². The van der Waals surface area contributed by atoms with Crippen LogP contribution >= 0.6 is 11.6 Å². The zero-order valence-corrected chi connectivity index (χ0v) is 20.5. The number of ketones is 2. The summed E-state index contributed by atoms with van der Waals surface area (Å²) < 4.78 is 10.0. The summed E-state index contributed by atoms with van der Waals surface area (Å²) in [6, 6.07) is 20.8. The quantitative estimate of drug-likeness (QED) is 0.266. The molecule has 3 rings (SSSR count). The maximum absolute atomic E-state index is 12.2. The molecule has 0 saturated heterocycles. The molecule has 8 nitrogen and oxygen atoms in total. The Hall–Kier alpha value is -4.30. The van der Waals surface area contributed by atoms with E-state index in [1.54, 1.807) is 54.6 Å². The Morgan fingerprint density at radius 2 is 1.22 bits per heavy atom. The van der Waals surface area contributed by atoms with Crippen LogP contribution in [0.5, 0.6) is 0 Å². The molecule has 0 atom stereocenters. The standard InChI is InChI=1S/C28H24ClNO7/c29-22-13-9-20(10-14-22)24(31)17-36-27(34)8-4-7-26(33)30-23-15-11-21(12-16-23)28(35)37-18-25(32)19-5-2-1-3-6-19/h1-3,5-6,9-16H,4,7-8,17-18H2,(H,30,33). The third-order valence-electron chi connectivity index (χ3n) is 5.15. The first-order valence-electron chi connectivity index (χ1n) is 11.4. The monoisotopic (exact) mass is 521 g/mol. The summed E-state index contributed by atoms with van der Waals surface area (Å²) in [5.41, 5.74) is 1.53. The fourth-order valence-corrected chi connectivity index (χ4v) is 3.29. The van der Waals surface area contributed by atoms with Crippen molar-refractivity contribution in [2.75, 3.05) is 18.5 Å². The van der Waals surface area contributed by atoms with E-state index in [1.807, 2.05) is 0 Å². The van der Waals surface area contributed by atoms with Gasteiger partial charge in [-0.2, -0.15) is 0 Å². The molecule has 37 heavy (non-hydrogen) atoms. The van der Waals surface area contributed by atoms with Gasteiger partial charge in [0.25, 0.3) is 0 Å². The predicted molar refractivity (Wildman–Crippen MR) is 137 cm³/mol. The molecule has 0 aromatic heterocycles. The van der Waals surface area contributed by atoms with E-state index < -0.39 is 11.9 Å². The second-order valence-electron chi connectivity index (χ2n) is 7.94. The topological polar surface area (TPSA) is 116 Å². The van der Waals surface area contributed by atoms with Gasteiger partial charge >= 0.3 is 11.9 Å². The number of amides is 1. The molecule has 0 radical (unpaired) electrons. The number of benzene rings is 3. The average molecular weight is 522 g/mol. The first-order valence-corrected chi connectivity index (χ1v) is 11.8. The van der Waals surface area contributed by atoms with Gasteiger partial charge in [-0.1, -0.05) is 41.9 Å². The van der Waals surface area contributed by atoms with Crippen LogP contribution in [-0.2, 0) is 19.1 Å². The predicted octanol–water partition coefficient (Wildman–Crippen LogP) is 4.91. The molecule has 0 saturated carbocycles. The number of hydrogen-bond donors (Lipinski definition) is 1. The molecule has 3 aromatic rings.